The Kier molecular flexibility index (Phi) is 4.61. The Morgan fingerprint density at radius 2 is 2.10 bits per heavy atom. The van der Waals surface area contributed by atoms with Gasteiger partial charge >= 0.3 is 6.09 Å². The van der Waals surface area contributed by atoms with Crippen molar-refractivity contribution in [2.75, 3.05) is 6.54 Å². The van der Waals surface area contributed by atoms with Crippen molar-refractivity contribution < 1.29 is 14.3 Å². The molecule has 1 unspecified atom stereocenters. The summed E-state index contributed by atoms with van der Waals surface area (Å²) in [7, 11) is 0. The molecular weight excluding hydrogens is 256 g/mol. The van der Waals surface area contributed by atoms with Crippen LogP contribution in [0.1, 0.15) is 25.8 Å². The lowest BCUT2D eigenvalue weighted by atomic mass is 10.2. The highest BCUT2D eigenvalue weighted by Crippen LogP contribution is 2.14. The summed E-state index contributed by atoms with van der Waals surface area (Å²) in [5, 5.41) is 2.74. The van der Waals surface area contributed by atoms with E-state index >= 15 is 0 Å². The van der Waals surface area contributed by atoms with E-state index in [4.69, 9.17) is 4.74 Å². The number of ether oxygens (including phenoxy) is 1. The molecule has 5 nitrogen and oxygen atoms in total. The van der Waals surface area contributed by atoms with E-state index in [-0.39, 0.29) is 24.6 Å². The van der Waals surface area contributed by atoms with Gasteiger partial charge in [-0.25, -0.2) is 4.79 Å². The molecule has 0 aromatic heterocycles. The number of carbonyl (C=O) groups excluding carboxylic acids is 2. The summed E-state index contributed by atoms with van der Waals surface area (Å²) in [6, 6.07) is 9.50. The number of hydrogen-bond acceptors (Lipinski definition) is 3. The predicted octanol–water partition coefficient (Wildman–Crippen LogP) is 1.92. The first-order valence-electron chi connectivity index (χ1n) is 6.83. The Bertz CT molecular complexity index is 473. The second-order valence-electron chi connectivity index (χ2n) is 5.25. The highest BCUT2D eigenvalue weighted by atomic mass is 16.5. The van der Waals surface area contributed by atoms with Gasteiger partial charge < -0.3 is 15.0 Å². The Morgan fingerprint density at radius 1 is 1.40 bits per heavy atom. The summed E-state index contributed by atoms with van der Waals surface area (Å²) in [4.78, 5) is 25.2. The van der Waals surface area contributed by atoms with Crippen molar-refractivity contribution in [3.63, 3.8) is 0 Å². The van der Waals surface area contributed by atoms with E-state index in [0.717, 1.165) is 5.56 Å². The largest absolute Gasteiger partial charge is 0.445 e. The summed E-state index contributed by atoms with van der Waals surface area (Å²) in [6.45, 7) is 4.72. The zero-order chi connectivity index (χ0) is 14.5. The number of rotatable bonds is 4. The molecular formula is C15H20N2O3. The molecule has 2 amide bonds. The third-order valence-corrected chi connectivity index (χ3v) is 3.32. The molecule has 1 saturated heterocycles. The molecule has 2 rings (SSSR count). The van der Waals surface area contributed by atoms with Crippen LogP contribution in [0.15, 0.2) is 30.3 Å². The Hall–Kier alpha value is -2.04. The average Bonchev–Trinajstić information content (AvgIpc) is 2.78. The van der Waals surface area contributed by atoms with E-state index in [1.807, 2.05) is 44.2 Å². The lowest BCUT2D eigenvalue weighted by Gasteiger charge is -2.21. The van der Waals surface area contributed by atoms with Gasteiger partial charge in [0.1, 0.15) is 6.61 Å². The molecule has 1 N–H and O–H groups in total. The Morgan fingerprint density at radius 3 is 2.70 bits per heavy atom. The monoisotopic (exact) mass is 276 g/mol. The normalized spacial score (nSPS) is 18.4. The number of nitrogens with zero attached hydrogens (tertiary/aromatic N) is 1. The van der Waals surface area contributed by atoms with E-state index < -0.39 is 6.09 Å². The number of likely N-dealkylation sites (tertiary alicyclic amines) is 1. The highest BCUT2D eigenvalue weighted by Gasteiger charge is 2.32. The molecule has 1 heterocycles. The quantitative estimate of drug-likeness (QED) is 0.914. The molecule has 1 aliphatic rings. The van der Waals surface area contributed by atoms with Crippen molar-refractivity contribution in [2.24, 2.45) is 0 Å². The molecule has 0 radical (unpaired) electrons. The molecule has 5 heteroatoms. The van der Waals surface area contributed by atoms with Crippen LogP contribution >= 0.6 is 0 Å². The van der Waals surface area contributed by atoms with E-state index in [2.05, 4.69) is 5.32 Å². The van der Waals surface area contributed by atoms with Gasteiger partial charge in [-0.3, -0.25) is 4.79 Å². The predicted molar refractivity (Wildman–Crippen MR) is 75.0 cm³/mol. The summed E-state index contributed by atoms with van der Waals surface area (Å²) in [5.74, 6) is 0.0772. The summed E-state index contributed by atoms with van der Waals surface area (Å²) in [5.41, 5.74) is 0.939. The van der Waals surface area contributed by atoms with Crippen LogP contribution in [0.2, 0.25) is 0 Å². The SMILES string of the molecule is CC(C)N1CC(NC(=O)OCc2ccccc2)CC1=O. The van der Waals surface area contributed by atoms with Crippen LogP contribution in [0.5, 0.6) is 0 Å². The lowest BCUT2D eigenvalue weighted by Crippen LogP contribution is -2.39. The van der Waals surface area contributed by atoms with Crippen molar-refractivity contribution >= 4 is 12.0 Å². The van der Waals surface area contributed by atoms with Gasteiger partial charge in [-0.05, 0) is 19.4 Å². The summed E-state index contributed by atoms with van der Waals surface area (Å²) >= 11 is 0. The highest BCUT2D eigenvalue weighted by molar-refractivity contribution is 5.80. The van der Waals surface area contributed by atoms with Gasteiger partial charge in [0.2, 0.25) is 5.91 Å². The molecule has 0 spiro atoms. The van der Waals surface area contributed by atoms with Crippen LogP contribution in [0.3, 0.4) is 0 Å². The zero-order valence-electron chi connectivity index (χ0n) is 11.8. The van der Waals surface area contributed by atoms with Crippen molar-refractivity contribution in [2.45, 2.75) is 39.0 Å². The first-order valence-corrected chi connectivity index (χ1v) is 6.83. The minimum absolute atomic E-state index is 0.0772. The van der Waals surface area contributed by atoms with Crippen molar-refractivity contribution in [1.29, 1.82) is 0 Å². The van der Waals surface area contributed by atoms with E-state index in [1.54, 1.807) is 4.90 Å². The second kappa shape index (κ2) is 6.41. The van der Waals surface area contributed by atoms with Gasteiger partial charge in [-0.1, -0.05) is 30.3 Å². The maximum absolute atomic E-state index is 11.7. The number of benzene rings is 1. The number of hydrogen-bond donors (Lipinski definition) is 1. The van der Waals surface area contributed by atoms with Gasteiger partial charge in [0.25, 0.3) is 0 Å². The first kappa shape index (κ1) is 14.4. The molecule has 108 valence electrons. The standard InChI is InChI=1S/C15H20N2O3/c1-11(2)17-9-13(8-14(17)18)16-15(19)20-10-12-6-4-3-5-7-12/h3-7,11,13H,8-10H2,1-2H3,(H,16,19). The van der Waals surface area contributed by atoms with Gasteiger partial charge in [0, 0.05) is 19.0 Å². The van der Waals surface area contributed by atoms with E-state index in [1.165, 1.54) is 0 Å². The fraction of sp³-hybridized carbons (Fsp3) is 0.467. The summed E-state index contributed by atoms with van der Waals surface area (Å²) in [6.07, 6.45) is -0.129. The molecule has 0 saturated carbocycles. The van der Waals surface area contributed by atoms with Crippen LogP contribution in [-0.4, -0.2) is 35.5 Å². The maximum atomic E-state index is 11.7. The smallest absolute Gasteiger partial charge is 0.407 e. The molecule has 20 heavy (non-hydrogen) atoms. The average molecular weight is 276 g/mol. The minimum Gasteiger partial charge on any atom is -0.445 e. The minimum atomic E-state index is -0.475. The fourth-order valence-corrected chi connectivity index (χ4v) is 2.26. The van der Waals surface area contributed by atoms with Gasteiger partial charge in [-0.15, -0.1) is 0 Å². The fourth-order valence-electron chi connectivity index (χ4n) is 2.26. The molecule has 1 fully saturated rings. The number of carbonyl (C=O) groups is 2. The second-order valence-corrected chi connectivity index (χ2v) is 5.25. The van der Waals surface area contributed by atoms with Crippen LogP contribution in [0, 0.1) is 0 Å². The van der Waals surface area contributed by atoms with Crippen molar-refractivity contribution in [3.05, 3.63) is 35.9 Å². The maximum Gasteiger partial charge on any atom is 0.407 e. The Labute approximate surface area is 118 Å². The zero-order valence-corrected chi connectivity index (χ0v) is 11.8. The Balaban J connectivity index is 1.77. The van der Waals surface area contributed by atoms with E-state index in [0.29, 0.717) is 13.0 Å². The summed E-state index contributed by atoms with van der Waals surface area (Å²) < 4.78 is 5.14. The van der Waals surface area contributed by atoms with Gasteiger partial charge in [-0.2, -0.15) is 0 Å². The third-order valence-electron chi connectivity index (χ3n) is 3.32. The number of alkyl carbamates (subject to hydrolysis) is 1. The molecule has 1 atom stereocenters. The molecule has 1 aromatic carbocycles. The van der Waals surface area contributed by atoms with Crippen LogP contribution in [-0.2, 0) is 16.1 Å². The molecule has 1 aliphatic heterocycles. The van der Waals surface area contributed by atoms with Gasteiger partial charge in [0.05, 0.1) is 6.04 Å². The lowest BCUT2D eigenvalue weighted by molar-refractivity contribution is -0.129. The van der Waals surface area contributed by atoms with Crippen LogP contribution in [0.25, 0.3) is 0 Å². The van der Waals surface area contributed by atoms with Crippen LogP contribution in [0.4, 0.5) is 4.79 Å². The van der Waals surface area contributed by atoms with E-state index in [9.17, 15) is 9.59 Å². The molecule has 1 aromatic rings. The number of amides is 2. The molecule has 0 aliphatic carbocycles. The first-order chi connectivity index (χ1) is 9.56. The number of nitrogens with one attached hydrogen (secondary N) is 1. The topological polar surface area (TPSA) is 58.6 Å². The molecule has 0 bridgehead atoms. The van der Waals surface area contributed by atoms with Crippen molar-refractivity contribution in [1.82, 2.24) is 10.2 Å². The van der Waals surface area contributed by atoms with Crippen LogP contribution < -0.4 is 5.32 Å². The van der Waals surface area contributed by atoms with Crippen molar-refractivity contribution in [3.8, 4) is 0 Å². The van der Waals surface area contributed by atoms with Gasteiger partial charge in [0.15, 0.2) is 0 Å². The third kappa shape index (κ3) is 3.73.